The van der Waals surface area contributed by atoms with E-state index in [0.717, 1.165) is 6.42 Å². The molecule has 2 aromatic rings. The maximum atomic E-state index is 12.1. The molecule has 0 aliphatic carbocycles. The zero-order valence-corrected chi connectivity index (χ0v) is 13.0. The second-order valence-electron chi connectivity index (χ2n) is 4.32. The molecule has 1 N–H and O–H groups in total. The third-order valence-corrected chi connectivity index (χ3v) is 3.29. The fourth-order valence-electron chi connectivity index (χ4n) is 1.72. The van der Waals surface area contributed by atoms with Gasteiger partial charge in [-0.3, -0.25) is 4.79 Å². The first-order valence-electron chi connectivity index (χ1n) is 6.40. The Bertz CT molecular complexity index is 709. The molecule has 0 saturated carbocycles. The number of hydrogen-bond acceptors (Lipinski definition) is 3. The summed E-state index contributed by atoms with van der Waals surface area (Å²) in [6.07, 6.45) is 2.34. The lowest BCUT2D eigenvalue weighted by Gasteiger charge is -2.04. The number of amides is 1. The van der Waals surface area contributed by atoms with Gasteiger partial charge in [-0.1, -0.05) is 19.1 Å². The van der Waals surface area contributed by atoms with Crippen LogP contribution in [0.1, 0.15) is 18.2 Å². The van der Waals surface area contributed by atoms with Crippen LogP contribution < -0.4 is 5.32 Å². The number of nitriles is 1. The summed E-state index contributed by atoms with van der Waals surface area (Å²) in [5.74, 6) is -0.0239. The summed E-state index contributed by atoms with van der Waals surface area (Å²) in [6, 6.07) is 12.8. The number of hydrogen-bond donors (Lipinski definition) is 1. The number of benzene rings is 1. The third kappa shape index (κ3) is 4.07. The van der Waals surface area contributed by atoms with Gasteiger partial charge in [-0.2, -0.15) is 5.26 Å². The number of halogens is 1. The van der Waals surface area contributed by atoms with Gasteiger partial charge in [0, 0.05) is 11.8 Å². The molecule has 0 spiro atoms. The van der Waals surface area contributed by atoms with E-state index < -0.39 is 5.91 Å². The number of furan rings is 1. The van der Waals surface area contributed by atoms with Gasteiger partial charge in [0.25, 0.3) is 5.91 Å². The van der Waals surface area contributed by atoms with Crippen molar-refractivity contribution >= 4 is 33.6 Å². The molecule has 0 bridgehead atoms. The van der Waals surface area contributed by atoms with Crippen LogP contribution in [0.4, 0.5) is 5.69 Å². The largest absolute Gasteiger partial charge is 0.450 e. The van der Waals surface area contributed by atoms with Gasteiger partial charge in [-0.15, -0.1) is 0 Å². The highest BCUT2D eigenvalue weighted by atomic mass is 79.9. The van der Waals surface area contributed by atoms with Crippen molar-refractivity contribution in [3.05, 3.63) is 58.0 Å². The number of nitrogens with one attached hydrogen (secondary N) is 1. The SMILES string of the molecule is CCc1ccc(NC(=O)/C(C#N)=C\c2ccc(Br)o2)cc1. The Morgan fingerprint density at radius 2 is 2.05 bits per heavy atom. The van der Waals surface area contributed by atoms with Gasteiger partial charge in [0.15, 0.2) is 4.67 Å². The number of aryl methyl sites for hydroxylation is 1. The van der Waals surface area contributed by atoms with Gasteiger partial charge in [0.05, 0.1) is 0 Å². The normalized spacial score (nSPS) is 11.0. The number of nitrogens with zero attached hydrogens (tertiary/aromatic N) is 1. The van der Waals surface area contributed by atoms with E-state index in [1.54, 1.807) is 12.1 Å². The Balaban J connectivity index is 2.13. The summed E-state index contributed by atoms with van der Waals surface area (Å²) in [4.78, 5) is 12.1. The van der Waals surface area contributed by atoms with Gasteiger partial charge in [0.2, 0.25) is 0 Å². The van der Waals surface area contributed by atoms with E-state index >= 15 is 0 Å². The Morgan fingerprint density at radius 3 is 2.57 bits per heavy atom. The van der Waals surface area contributed by atoms with Crippen LogP contribution in [0, 0.1) is 11.3 Å². The smallest absolute Gasteiger partial charge is 0.266 e. The monoisotopic (exact) mass is 344 g/mol. The highest BCUT2D eigenvalue weighted by Gasteiger charge is 2.10. The average molecular weight is 345 g/mol. The first kappa shape index (κ1) is 15.1. The zero-order chi connectivity index (χ0) is 15.2. The highest BCUT2D eigenvalue weighted by Crippen LogP contribution is 2.17. The summed E-state index contributed by atoms with van der Waals surface area (Å²) in [5.41, 5.74) is 1.82. The molecule has 1 heterocycles. The molecule has 5 heteroatoms. The first-order chi connectivity index (χ1) is 10.1. The molecular formula is C16H13BrN2O2. The lowest BCUT2D eigenvalue weighted by molar-refractivity contribution is -0.112. The number of anilines is 1. The Hall–Kier alpha value is -2.32. The topological polar surface area (TPSA) is 66.0 Å². The van der Waals surface area contributed by atoms with Gasteiger partial charge >= 0.3 is 0 Å². The molecule has 106 valence electrons. The molecule has 1 aromatic carbocycles. The highest BCUT2D eigenvalue weighted by molar-refractivity contribution is 9.10. The lowest BCUT2D eigenvalue weighted by atomic mass is 10.1. The molecule has 0 fully saturated rings. The minimum absolute atomic E-state index is 0.0172. The van der Waals surface area contributed by atoms with Crippen molar-refractivity contribution in [1.29, 1.82) is 5.26 Å². The summed E-state index contributed by atoms with van der Waals surface area (Å²) in [5, 5.41) is 11.8. The van der Waals surface area contributed by atoms with Crippen molar-refractivity contribution in [2.45, 2.75) is 13.3 Å². The van der Waals surface area contributed by atoms with Gasteiger partial charge < -0.3 is 9.73 Å². The van der Waals surface area contributed by atoms with Crippen LogP contribution in [-0.2, 0) is 11.2 Å². The van der Waals surface area contributed by atoms with Gasteiger partial charge in [-0.25, -0.2) is 0 Å². The van der Waals surface area contributed by atoms with Crippen LogP contribution in [0.3, 0.4) is 0 Å². The number of carbonyl (C=O) groups is 1. The molecule has 0 aliphatic heterocycles. The molecule has 0 aliphatic rings. The van der Waals surface area contributed by atoms with Crippen molar-refractivity contribution in [3.8, 4) is 6.07 Å². The fourth-order valence-corrected chi connectivity index (χ4v) is 2.04. The molecule has 1 amide bonds. The van der Waals surface area contributed by atoms with Crippen molar-refractivity contribution < 1.29 is 9.21 Å². The maximum absolute atomic E-state index is 12.1. The van der Waals surface area contributed by atoms with Crippen molar-refractivity contribution in [2.75, 3.05) is 5.32 Å². The minimum atomic E-state index is -0.464. The van der Waals surface area contributed by atoms with Crippen LogP contribution in [0.2, 0.25) is 0 Å². The summed E-state index contributed by atoms with van der Waals surface area (Å²) < 4.78 is 5.80. The quantitative estimate of drug-likeness (QED) is 0.669. The summed E-state index contributed by atoms with van der Waals surface area (Å²) >= 11 is 3.17. The lowest BCUT2D eigenvalue weighted by Crippen LogP contribution is -2.13. The fraction of sp³-hybridized carbons (Fsp3) is 0.125. The van der Waals surface area contributed by atoms with Gasteiger partial charge in [0.1, 0.15) is 17.4 Å². The van der Waals surface area contributed by atoms with Crippen molar-refractivity contribution in [3.63, 3.8) is 0 Å². The first-order valence-corrected chi connectivity index (χ1v) is 7.19. The number of rotatable bonds is 4. The molecule has 2 rings (SSSR count). The minimum Gasteiger partial charge on any atom is -0.450 e. The predicted molar refractivity (Wildman–Crippen MR) is 84.4 cm³/mol. The molecular weight excluding hydrogens is 332 g/mol. The Kier molecular flexibility index (Phi) is 4.96. The van der Waals surface area contributed by atoms with E-state index in [1.165, 1.54) is 11.6 Å². The van der Waals surface area contributed by atoms with Crippen LogP contribution >= 0.6 is 15.9 Å². The molecule has 0 radical (unpaired) electrons. The van der Waals surface area contributed by atoms with E-state index in [4.69, 9.17) is 9.68 Å². The summed E-state index contributed by atoms with van der Waals surface area (Å²) in [7, 11) is 0. The second kappa shape index (κ2) is 6.91. The van der Waals surface area contributed by atoms with E-state index in [9.17, 15) is 4.79 Å². The van der Waals surface area contributed by atoms with Crippen molar-refractivity contribution in [2.24, 2.45) is 0 Å². The van der Waals surface area contributed by atoms with Crippen LogP contribution in [0.5, 0.6) is 0 Å². The molecule has 0 saturated heterocycles. The Morgan fingerprint density at radius 1 is 1.33 bits per heavy atom. The van der Waals surface area contributed by atoms with E-state index in [-0.39, 0.29) is 5.57 Å². The predicted octanol–water partition coefficient (Wildman–Crippen LogP) is 4.15. The van der Waals surface area contributed by atoms with E-state index in [1.807, 2.05) is 30.3 Å². The standard InChI is InChI=1S/C16H13BrN2O2/c1-2-11-3-5-13(6-4-11)19-16(20)12(10-18)9-14-7-8-15(17)21-14/h3-9H,2H2,1H3,(H,19,20)/b12-9-. The van der Waals surface area contributed by atoms with Crippen LogP contribution in [0.15, 0.2) is 51.1 Å². The second-order valence-corrected chi connectivity index (χ2v) is 5.10. The average Bonchev–Trinajstić information content (AvgIpc) is 2.90. The van der Waals surface area contributed by atoms with Gasteiger partial charge in [-0.05, 0) is 52.2 Å². The number of carbonyl (C=O) groups excluding carboxylic acids is 1. The van der Waals surface area contributed by atoms with E-state index in [0.29, 0.717) is 16.1 Å². The summed E-state index contributed by atoms with van der Waals surface area (Å²) in [6.45, 7) is 2.06. The molecule has 21 heavy (non-hydrogen) atoms. The molecule has 1 aromatic heterocycles. The Labute approximate surface area is 131 Å². The maximum Gasteiger partial charge on any atom is 0.266 e. The van der Waals surface area contributed by atoms with E-state index in [2.05, 4.69) is 28.2 Å². The molecule has 4 nitrogen and oxygen atoms in total. The van der Waals surface area contributed by atoms with Crippen LogP contribution in [0.25, 0.3) is 6.08 Å². The third-order valence-electron chi connectivity index (χ3n) is 2.87. The zero-order valence-electron chi connectivity index (χ0n) is 11.4. The van der Waals surface area contributed by atoms with Crippen LogP contribution in [-0.4, -0.2) is 5.91 Å². The van der Waals surface area contributed by atoms with Crippen molar-refractivity contribution in [1.82, 2.24) is 0 Å². The molecule has 0 atom stereocenters. The molecule has 0 unspecified atom stereocenters.